The molecule has 9 nitrogen and oxygen atoms in total. The number of carbonyl (C=O) groups excluding carboxylic acids is 2. The Labute approximate surface area is 267 Å². The van der Waals surface area contributed by atoms with Gasteiger partial charge in [0.1, 0.15) is 5.82 Å². The highest BCUT2D eigenvalue weighted by Crippen LogP contribution is 2.36. The monoisotopic (exact) mass is 707 g/mol. The summed E-state index contributed by atoms with van der Waals surface area (Å²) in [5, 5.41) is 7.70. The van der Waals surface area contributed by atoms with Gasteiger partial charge in [-0.2, -0.15) is 31.6 Å². The smallest absolute Gasteiger partial charge is 0.337 e. The lowest BCUT2D eigenvalue weighted by Gasteiger charge is -2.21. The lowest BCUT2D eigenvalue weighted by molar-refractivity contribution is -0.182. The third-order valence-electron chi connectivity index (χ3n) is 6.01. The molecule has 0 aliphatic heterocycles. The van der Waals surface area contributed by atoms with Gasteiger partial charge < -0.3 is 4.90 Å². The normalized spacial score (nSPS) is 11.7. The number of benzene rings is 3. The molecule has 0 unspecified atom stereocenters. The summed E-state index contributed by atoms with van der Waals surface area (Å²) in [5.74, 6) is -2.67. The van der Waals surface area contributed by atoms with Crippen LogP contribution in [-0.4, -0.2) is 53.7 Å². The van der Waals surface area contributed by atoms with Crippen molar-refractivity contribution in [2.24, 2.45) is 0 Å². The highest BCUT2D eigenvalue weighted by Gasteiger charge is 2.37. The van der Waals surface area contributed by atoms with E-state index in [4.69, 9.17) is 16.9 Å². The van der Waals surface area contributed by atoms with Gasteiger partial charge in [0.05, 0.1) is 27.9 Å². The van der Waals surface area contributed by atoms with E-state index in [1.165, 1.54) is 30.3 Å². The van der Waals surface area contributed by atoms with Crippen LogP contribution in [0.15, 0.2) is 78.1 Å². The van der Waals surface area contributed by atoms with Gasteiger partial charge in [-0.25, -0.2) is 27.6 Å². The Balaban J connectivity index is 0.000000461. The van der Waals surface area contributed by atoms with E-state index in [2.05, 4.69) is 14.9 Å². The van der Waals surface area contributed by atoms with Crippen molar-refractivity contribution in [1.29, 1.82) is 0 Å². The molecule has 0 atom stereocenters. The molecule has 1 heterocycles. The maximum absolute atomic E-state index is 14.5. The Hall–Kier alpha value is -4.61. The summed E-state index contributed by atoms with van der Waals surface area (Å²) in [6.45, 7) is -0.698. The number of alkyl halides is 6. The average molecular weight is 708 g/mol. The molecule has 0 saturated heterocycles. The molecule has 3 aromatic carbocycles. The quantitative estimate of drug-likeness (QED) is 0.0986. The number of hydrogen-bond donors (Lipinski definition) is 1. The summed E-state index contributed by atoms with van der Waals surface area (Å²) in [6.07, 6.45) is -8.57. The number of sulfone groups is 1. The lowest BCUT2D eigenvalue weighted by atomic mass is 10.0. The second-order valence-corrected chi connectivity index (χ2v) is 12.0. The molecule has 0 radical (unpaired) electrons. The van der Waals surface area contributed by atoms with Gasteiger partial charge in [0, 0.05) is 36.6 Å². The number of carbonyl (C=O) groups is 2. The largest absolute Gasteiger partial charge is 0.416 e. The molecule has 1 N–H and O–H groups in total. The molecule has 0 bridgehead atoms. The Morgan fingerprint density at radius 3 is 2.04 bits per heavy atom. The van der Waals surface area contributed by atoms with Crippen LogP contribution in [0.3, 0.4) is 0 Å². The van der Waals surface area contributed by atoms with Gasteiger partial charge in [0.2, 0.25) is 15.0 Å². The average Bonchev–Trinajstić information content (AvgIpc) is 2.99. The first-order valence-corrected chi connectivity index (χ1v) is 15.0. The molecule has 4 aromatic rings. The molecule has 0 aliphatic carbocycles. The van der Waals surface area contributed by atoms with E-state index in [1.807, 2.05) is 0 Å². The molecule has 0 saturated carbocycles. The van der Waals surface area contributed by atoms with Crippen LogP contribution >= 0.6 is 11.6 Å². The van der Waals surface area contributed by atoms with Crippen molar-refractivity contribution in [3.8, 4) is 11.3 Å². The van der Waals surface area contributed by atoms with E-state index < -0.39 is 79.5 Å². The van der Waals surface area contributed by atoms with E-state index in [-0.39, 0.29) is 17.2 Å². The molecule has 4 rings (SSSR count). The summed E-state index contributed by atoms with van der Waals surface area (Å²) in [6, 6.07) is 12.0. The molecule has 18 heteroatoms. The Bertz CT molecular complexity index is 1870. The summed E-state index contributed by atoms with van der Waals surface area (Å²) in [7, 11) is -2.89. The van der Waals surface area contributed by atoms with E-state index in [0.29, 0.717) is 17.2 Å². The van der Waals surface area contributed by atoms with Gasteiger partial charge >= 0.3 is 18.3 Å². The van der Waals surface area contributed by atoms with Crippen molar-refractivity contribution < 1.29 is 58.9 Å². The first-order valence-electron chi connectivity index (χ1n) is 12.7. The highest BCUT2D eigenvalue weighted by molar-refractivity contribution is 7.90. The maximum Gasteiger partial charge on any atom is 0.416 e. The summed E-state index contributed by atoms with van der Waals surface area (Å²) in [4.78, 5) is 35.4. The maximum atomic E-state index is 14.5. The molecule has 0 spiro atoms. The summed E-state index contributed by atoms with van der Waals surface area (Å²) in [5.41, 5.74) is -4.46. The van der Waals surface area contributed by atoms with Crippen LogP contribution < -0.4 is 0 Å². The second-order valence-electron chi connectivity index (χ2n) is 9.63. The molecule has 0 fully saturated rings. The van der Waals surface area contributed by atoms with E-state index in [9.17, 15) is 48.7 Å². The second kappa shape index (κ2) is 14.4. The van der Waals surface area contributed by atoms with Gasteiger partial charge in [-0.15, -0.1) is 0 Å². The lowest BCUT2D eigenvalue weighted by Crippen LogP contribution is -2.28. The van der Waals surface area contributed by atoms with Crippen LogP contribution in [-0.2, 0) is 33.6 Å². The predicted molar refractivity (Wildman–Crippen MR) is 152 cm³/mol. The first-order chi connectivity index (χ1) is 21.7. The van der Waals surface area contributed by atoms with Crippen molar-refractivity contribution >= 4 is 33.3 Å². The molecule has 47 heavy (non-hydrogen) atoms. The van der Waals surface area contributed by atoms with Crippen LogP contribution in [0.2, 0.25) is 5.02 Å². The van der Waals surface area contributed by atoms with E-state index in [0.717, 1.165) is 30.5 Å². The Kier molecular flexibility index (Phi) is 11.3. The number of rotatable bonds is 6. The third-order valence-corrected chi connectivity index (χ3v) is 7.11. The van der Waals surface area contributed by atoms with Gasteiger partial charge in [0.25, 0.3) is 5.91 Å². The Morgan fingerprint density at radius 1 is 0.936 bits per heavy atom. The zero-order valence-corrected chi connectivity index (χ0v) is 25.5. The van der Waals surface area contributed by atoms with Crippen LogP contribution in [0, 0.1) is 5.82 Å². The fourth-order valence-corrected chi connectivity index (χ4v) is 4.58. The van der Waals surface area contributed by atoms with Gasteiger partial charge in [0.15, 0.2) is 0 Å². The molecule has 250 valence electrons. The highest BCUT2D eigenvalue weighted by atomic mass is 35.5. The van der Waals surface area contributed by atoms with Gasteiger partial charge in [-0.3, -0.25) is 9.68 Å². The number of nitrogens with zero attached hydrogens (tertiary/aromatic N) is 3. The standard InChI is InChI=1S/C22H16F7N3O3S.C7H5ClO3/c1-32(11-12-7-13(21(24,25)26)9-14(8-12)22(27,28)29)19(33)16-10-30-20(36(2,34)35)31-18(16)15-5-3-4-6-17(15)23;8-6-3-1-2-5(4-6)7(9)11-10/h3-10H,11H2,1-2H3;1-4,10H. The van der Waals surface area contributed by atoms with Crippen molar-refractivity contribution in [3.05, 3.63) is 112 Å². The Morgan fingerprint density at radius 2 is 1.53 bits per heavy atom. The van der Waals surface area contributed by atoms with Crippen LogP contribution in [0.25, 0.3) is 11.3 Å². The fraction of sp³-hybridized carbons (Fsp3) is 0.172. The SMILES string of the molecule is CN(Cc1cc(C(F)(F)F)cc(C(F)(F)F)c1)C(=O)c1cnc(S(C)(=O)=O)nc1-c1ccccc1F.O=C(OO)c1cccc(Cl)c1. The molecular weight excluding hydrogens is 687 g/mol. The zero-order valence-electron chi connectivity index (χ0n) is 23.9. The van der Waals surface area contributed by atoms with Gasteiger partial charge in [-0.1, -0.05) is 29.8 Å². The molecule has 1 aromatic heterocycles. The van der Waals surface area contributed by atoms with Gasteiger partial charge in [-0.05, 0) is 54.1 Å². The van der Waals surface area contributed by atoms with Crippen LogP contribution in [0.5, 0.6) is 0 Å². The first kappa shape index (κ1) is 36.9. The number of aromatic nitrogens is 2. The molecule has 0 aliphatic rings. The van der Waals surface area contributed by atoms with Crippen LogP contribution in [0.1, 0.15) is 37.4 Å². The number of amides is 1. The number of hydrogen-bond acceptors (Lipinski definition) is 8. The minimum Gasteiger partial charge on any atom is -0.337 e. The summed E-state index contributed by atoms with van der Waals surface area (Å²) >= 11 is 5.56. The number of halogens is 8. The van der Waals surface area contributed by atoms with E-state index >= 15 is 0 Å². The van der Waals surface area contributed by atoms with Crippen molar-refractivity contribution in [2.45, 2.75) is 24.1 Å². The summed E-state index contributed by atoms with van der Waals surface area (Å²) < 4.78 is 117. The topological polar surface area (TPSA) is 127 Å². The fourth-order valence-electron chi connectivity index (χ4n) is 3.89. The van der Waals surface area contributed by atoms with Crippen molar-refractivity contribution in [3.63, 3.8) is 0 Å². The van der Waals surface area contributed by atoms with Crippen molar-refractivity contribution in [1.82, 2.24) is 14.9 Å². The van der Waals surface area contributed by atoms with E-state index in [1.54, 1.807) is 12.1 Å². The molecular formula is C29H21ClF7N3O6S. The predicted octanol–water partition coefficient (Wildman–Crippen LogP) is 6.97. The van der Waals surface area contributed by atoms with Crippen LogP contribution in [0.4, 0.5) is 30.7 Å². The minimum atomic E-state index is -5.08. The van der Waals surface area contributed by atoms with Crippen molar-refractivity contribution in [2.75, 3.05) is 13.3 Å². The minimum absolute atomic E-state index is 0.0423. The zero-order chi connectivity index (χ0) is 35.3. The molecule has 1 amide bonds. The third kappa shape index (κ3) is 9.69.